The molecule has 16 heavy (non-hydrogen) atoms. The number of rotatable bonds is 5. The van der Waals surface area contributed by atoms with Crippen molar-refractivity contribution in [2.24, 2.45) is 11.1 Å². The van der Waals surface area contributed by atoms with Gasteiger partial charge in [-0.05, 0) is 32.8 Å². The predicted octanol–water partition coefficient (Wildman–Crippen LogP) is 1.31. The number of hydrogen-bond donors (Lipinski definition) is 1. The van der Waals surface area contributed by atoms with E-state index in [0.29, 0.717) is 19.0 Å². The van der Waals surface area contributed by atoms with Crippen molar-refractivity contribution < 1.29 is 4.79 Å². The summed E-state index contributed by atoms with van der Waals surface area (Å²) in [5, 5.41) is 4.38. The van der Waals surface area contributed by atoms with Crippen molar-refractivity contribution >= 4 is 5.78 Å². The Morgan fingerprint density at radius 2 is 2.31 bits per heavy atom. The molecule has 0 bridgehead atoms. The lowest BCUT2D eigenvalue weighted by molar-refractivity contribution is -0.123. The quantitative estimate of drug-likeness (QED) is 0.815. The number of nitrogens with two attached hydrogens (primary N) is 1. The third-order valence-corrected chi connectivity index (χ3v) is 3.37. The first-order chi connectivity index (χ1) is 7.57. The Kier molecular flexibility index (Phi) is 2.84. The number of hydrogen-bond acceptors (Lipinski definition) is 3. The van der Waals surface area contributed by atoms with Gasteiger partial charge in [-0.15, -0.1) is 0 Å². The maximum atomic E-state index is 12.0. The van der Waals surface area contributed by atoms with E-state index in [-0.39, 0.29) is 11.2 Å². The van der Waals surface area contributed by atoms with E-state index in [1.165, 1.54) is 0 Å². The minimum absolute atomic E-state index is 0.207. The van der Waals surface area contributed by atoms with Gasteiger partial charge in [0.2, 0.25) is 0 Å². The molecule has 1 heterocycles. The van der Waals surface area contributed by atoms with Crippen molar-refractivity contribution in [3.05, 3.63) is 18.0 Å². The van der Waals surface area contributed by atoms with Crippen molar-refractivity contribution in [3.63, 3.8) is 0 Å². The molecule has 1 fully saturated rings. The molecule has 1 aromatic rings. The fourth-order valence-electron chi connectivity index (χ4n) is 1.86. The smallest absolute Gasteiger partial charge is 0.146 e. The zero-order chi connectivity index (χ0) is 11.8. The summed E-state index contributed by atoms with van der Waals surface area (Å²) in [5.41, 5.74) is 6.28. The molecule has 88 valence electrons. The highest BCUT2D eigenvalue weighted by atomic mass is 16.1. The van der Waals surface area contributed by atoms with Crippen LogP contribution in [0.4, 0.5) is 0 Å². The van der Waals surface area contributed by atoms with E-state index < -0.39 is 0 Å². The Balaban J connectivity index is 2.01. The van der Waals surface area contributed by atoms with Crippen LogP contribution in [0.5, 0.6) is 0 Å². The number of ketones is 1. The molecule has 0 aliphatic heterocycles. The van der Waals surface area contributed by atoms with Crippen LogP contribution in [-0.4, -0.2) is 22.1 Å². The summed E-state index contributed by atoms with van der Waals surface area (Å²) in [4.78, 5) is 12.0. The highest BCUT2D eigenvalue weighted by Gasteiger charge is 2.47. The average molecular weight is 221 g/mol. The van der Waals surface area contributed by atoms with Crippen molar-refractivity contribution in [3.8, 4) is 0 Å². The average Bonchev–Trinajstić information content (AvgIpc) is 2.92. The molecule has 1 aromatic heterocycles. The second kappa shape index (κ2) is 4.01. The van der Waals surface area contributed by atoms with Gasteiger partial charge in [-0.25, -0.2) is 0 Å². The third-order valence-electron chi connectivity index (χ3n) is 3.37. The molecule has 0 aromatic carbocycles. The lowest BCUT2D eigenvalue weighted by atomic mass is 9.98. The van der Waals surface area contributed by atoms with Crippen LogP contribution in [0.25, 0.3) is 0 Å². The molecule has 0 amide bonds. The Labute approximate surface area is 95.8 Å². The first-order valence-electron chi connectivity index (χ1n) is 5.85. The zero-order valence-electron chi connectivity index (χ0n) is 9.94. The summed E-state index contributed by atoms with van der Waals surface area (Å²) < 4.78 is 1.88. The van der Waals surface area contributed by atoms with Gasteiger partial charge in [-0.3, -0.25) is 9.48 Å². The van der Waals surface area contributed by atoms with E-state index in [9.17, 15) is 4.79 Å². The molecule has 0 saturated heterocycles. The van der Waals surface area contributed by atoms with Crippen LogP contribution in [-0.2, 0) is 11.2 Å². The Morgan fingerprint density at radius 3 is 2.75 bits per heavy atom. The second-order valence-corrected chi connectivity index (χ2v) is 4.97. The van der Waals surface area contributed by atoms with Crippen LogP contribution in [0, 0.1) is 5.41 Å². The SMILES string of the molecule is CC(C)n1ccc(CC(=O)C2(CN)CC2)n1. The van der Waals surface area contributed by atoms with Crippen molar-refractivity contribution in [1.29, 1.82) is 0 Å². The molecule has 1 saturated carbocycles. The normalized spacial score (nSPS) is 17.8. The maximum Gasteiger partial charge on any atom is 0.146 e. The summed E-state index contributed by atoms with van der Waals surface area (Å²) in [7, 11) is 0. The van der Waals surface area contributed by atoms with Crippen LogP contribution in [0.1, 0.15) is 38.4 Å². The molecule has 2 rings (SSSR count). The molecule has 0 atom stereocenters. The van der Waals surface area contributed by atoms with Crippen LogP contribution in [0.3, 0.4) is 0 Å². The summed E-state index contributed by atoms with van der Waals surface area (Å²) in [6, 6.07) is 2.26. The van der Waals surface area contributed by atoms with Gasteiger partial charge in [-0.1, -0.05) is 0 Å². The summed E-state index contributed by atoms with van der Waals surface area (Å²) >= 11 is 0. The minimum Gasteiger partial charge on any atom is -0.329 e. The Hall–Kier alpha value is -1.16. The van der Waals surface area contributed by atoms with Gasteiger partial charge >= 0.3 is 0 Å². The maximum absolute atomic E-state index is 12.0. The Morgan fingerprint density at radius 1 is 1.62 bits per heavy atom. The van der Waals surface area contributed by atoms with Gasteiger partial charge in [0.05, 0.1) is 12.1 Å². The van der Waals surface area contributed by atoms with Crippen LogP contribution >= 0.6 is 0 Å². The van der Waals surface area contributed by atoms with E-state index in [1.54, 1.807) is 0 Å². The van der Waals surface area contributed by atoms with Gasteiger partial charge in [0, 0.05) is 24.2 Å². The molecule has 2 N–H and O–H groups in total. The van der Waals surface area contributed by atoms with E-state index in [2.05, 4.69) is 18.9 Å². The first-order valence-corrected chi connectivity index (χ1v) is 5.85. The number of carbonyl (C=O) groups is 1. The molecule has 0 spiro atoms. The fraction of sp³-hybridized carbons (Fsp3) is 0.667. The molecule has 1 aliphatic carbocycles. The van der Waals surface area contributed by atoms with Gasteiger partial charge < -0.3 is 5.73 Å². The van der Waals surface area contributed by atoms with Gasteiger partial charge in [0.1, 0.15) is 5.78 Å². The largest absolute Gasteiger partial charge is 0.329 e. The van der Waals surface area contributed by atoms with Gasteiger partial charge in [-0.2, -0.15) is 5.10 Å². The monoisotopic (exact) mass is 221 g/mol. The molecular formula is C12H19N3O. The van der Waals surface area contributed by atoms with E-state index in [0.717, 1.165) is 18.5 Å². The highest BCUT2D eigenvalue weighted by molar-refractivity contribution is 5.89. The number of nitrogens with zero attached hydrogens (tertiary/aromatic N) is 2. The van der Waals surface area contributed by atoms with E-state index >= 15 is 0 Å². The fourth-order valence-corrected chi connectivity index (χ4v) is 1.86. The molecule has 1 aliphatic rings. The van der Waals surface area contributed by atoms with Crippen LogP contribution in [0.15, 0.2) is 12.3 Å². The Bertz CT molecular complexity index is 391. The number of carbonyl (C=O) groups excluding carboxylic acids is 1. The van der Waals surface area contributed by atoms with Crippen molar-refractivity contribution in [2.75, 3.05) is 6.54 Å². The van der Waals surface area contributed by atoms with Gasteiger partial charge in [0.15, 0.2) is 0 Å². The number of Topliss-reactive ketones (excluding diaryl/α,β-unsaturated/α-hetero) is 1. The predicted molar refractivity (Wildman–Crippen MR) is 62.0 cm³/mol. The molecule has 0 unspecified atom stereocenters. The lowest BCUT2D eigenvalue weighted by Crippen LogP contribution is -2.26. The topological polar surface area (TPSA) is 60.9 Å². The van der Waals surface area contributed by atoms with Gasteiger partial charge in [0.25, 0.3) is 0 Å². The molecule has 4 nitrogen and oxygen atoms in total. The summed E-state index contributed by atoms with van der Waals surface area (Å²) in [6.45, 7) is 4.62. The zero-order valence-corrected chi connectivity index (χ0v) is 9.94. The molecule has 4 heteroatoms. The van der Waals surface area contributed by atoms with Crippen molar-refractivity contribution in [1.82, 2.24) is 9.78 Å². The summed E-state index contributed by atoms with van der Waals surface area (Å²) in [5.74, 6) is 0.254. The lowest BCUT2D eigenvalue weighted by Gasteiger charge is -2.09. The van der Waals surface area contributed by atoms with Crippen molar-refractivity contribution in [2.45, 2.75) is 39.2 Å². The van der Waals surface area contributed by atoms with E-state index in [1.807, 2.05) is 16.9 Å². The van der Waals surface area contributed by atoms with Crippen LogP contribution < -0.4 is 5.73 Å². The minimum atomic E-state index is -0.207. The second-order valence-electron chi connectivity index (χ2n) is 4.97. The van der Waals surface area contributed by atoms with Crippen LogP contribution in [0.2, 0.25) is 0 Å². The summed E-state index contributed by atoms with van der Waals surface area (Å²) in [6.07, 6.45) is 4.26. The number of aromatic nitrogens is 2. The first kappa shape index (κ1) is 11.3. The molecular weight excluding hydrogens is 202 g/mol. The highest BCUT2D eigenvalue weighted by Crippen LogP contribution is 2.45. The third kappa shape index (κ3) is 2.02. The van der Waals surface area contributed by atoms with E-state index in [4.69, 9.17) is 5.73 Å². The molecule has 0 radical (unpaired) electrons. The standard InChI is InChI=1S/C12H19N3O/c1-9(2)15-6-3-10(14-15)7-11(16)12(8-13)4-5-12/h3,6,9H,4-5,7-8,13H2,1-2H3.